The minimum Gasteiger partial charge on any atom is -0.462 e. The third-order valence-electron chi connectivity index (χ3n) is 8.30. The molecule has 4 heterocycles. The molecule has 238 valence electrons. The summed E-state index contributed by atoms with van der Waals surface area (Å²) in [6.45, 7) is 9.12. The number of benzene rings is 1. The number of carbonyl (C=O) groups excluding carboxylic acids is 2. The van der Waals surface area contributed by atoms with Gasteiger partial charge in [-0.1, -0.05) is 31.2 Å². The Morgan fingerprint density at radius 1 is 1.02 bits per heavy atom. The number of nitrogens with zero attached hydrogens (tertiary/aromatic N) is 4. The fraction of sp³-hybridized carbons (Fsp3) is 0.412. The second-order valence-electron chi connectivity index (χ2n) is 11.3. The van der Waals surface area contributed by atoms with E-state index < -0.39 is 23.4 Å². The normalized spacial score (nSPS) is 14.2. The number of thiophene rings is 1. The number of pyridine rings is 1. The van der Waals surface area contributed by atoms with Crippen molar-refractivity contribution in [2.75, 3.05) is 19.7 Å². The molecule has 0 N–H and O–H groups in total. The molecular formula is C34H37F3N4O3S. The maximum atomic E-state index is 14.1. The van der Waals surface area contributed by atoms with E-state index in [0.29, 0.717) is 22.7 Å². The number of esters is 1. The van der Waals surface area contributed by atoms with Crippen molar-refractivity contribution in [3.8, 4) is 16.4 Å². The van der Waals surface area contributed by atoms with E-state index in [9.17, 15) is 22.8 Å². The zero-order valence-electron chi connectivity index (χ0n) is 25.9. The van der Waals surface area contributed by atoms with E-state index >= 15 is 0 Å². The van der Waals surface area contributed by atoms with Crippen molar-refractivity contribution >= 4 is 23.2 Å². The molecule has 0 bridgehead atoms. The molecule has 3 aromatic heterocycles. The Bertz CT molecular complexity index is 1690. The summed E-state index contributed by atoms with van der Waals surface area (Å²) >= 11 is 1.55. The Kier molecular flexibility index (Phi) is 9.76. The molecule has 11 heteroatoms. The zero-order valence-corrected chi connectivity index (χ0v) is 26.7. The lowest BCUT2D eigenvalue weighted by molar-refractivity contribution is -0.143. The molecule has 0 saturated carbocycles. The van der Waals surface area contributed by atoms with Gasteiger partial charge in [-0.05, 0) is 92.8 Å². The van der Waals surface area contributed by atoms with E-state index in [1.54, 1.807) is 23.5 Å². The van der Waals surface area contributed by atoms with Gasteiger partial charge in [-0.2, -0.15) is 18.3 Å². The maximum Gasteiger partial charge on any atom is 0.434 e. The van der Waals surface area contributed by atoms with Gasteiger partial charge in [0.1, 0.15) is 5.56 Å². The third-order valence-corrected chi connectivity index (χ3v) is 9.42. The lowest BCUT2D eigenvalue weighted by atomic mass is 9.87. The number of halogens is 3. The fourth-order valence-corrected chi connectivity index (χ4v) is 7.03. The van der Waals surface area contributed by atoms with Crippen LogP contribution in [0.4, 0.5) is 13.2 Å². The van der Waals surface area contributed by atoms with Gasteiger partial charge in [-0.15, -0.1) is 11.3 Å². The molecule has 4 aromatic rings. The lowest BCUT2D eigenvalue weighted by Crippen LogP contribution is -2.37. The SMILES string of the molecule is CCOC(=O)c1cnn(-c2cccc(-c3sc(C)cc3CCc3ccc(C4CCN(C(=O)CC)CC4)cc3C)n2)c1C(F)(F)F. The molecule has 0 unspecified atom stereocenters. The van der Waals surface area contributed by atoms with Gasteiger partial charge in [-0.25, -0.2) is 14.5 Å². The summed E-state index contributed by atoms with van der Waals surface area (Å²) in [5.41, 5.74) is 3.53. The van der Waals surface area contributed by atoms with E-state index in [-0.39, 0.29) is 18.3 Å². The summed E-state index contributed by atoms with van der Waals surface area (Å²) in [7, 11) is 0. The first kappa shape index (κ1) is 32.4. The molecule has 0 radical (unpaired) electrons. The predicted molar refractivity (Wildman–Crippen MR) is 168 cm³/mol. The summed E-state index contributed by atoms with van der Waals surface area (Å²) in [6.07, 6.45) is 0.0688. The van der Waals surface area contributed by atoms with Crippen molar-refractivity contribution < 1.29 is 27.5 Å². The summed E-state index contributed by atoms with van der Waals surface area (Å²) in [4.78, 5) is 32.8. The van der Waals surface area contributed by atoms with Crippen LogP contribution in [0, 0.1) is 13.8 Å². The van der Waals surface area contributed by atoms with Gasteiger partial charge < -0.3 is 9.64 Å². The molecule has 1 fully saturated rings. The Hall–Kier alpha value is -3.99. The molecule has 7 nitrogen and oxygen atoms in total. The van der Waals surface area contributed by atoms with Crippen LogP contribution in [0.2, 0.25) is 0 Å². The number of ether oxygens (including phenoxy) is 1. The van der Waals surface area contributed by atoms with Gasteiger partial charge in [0, 0.05) is 24.4 Å². The molecule has 5 rings (SSSR count). The number of rotatable bonds is 9. The number of aromatic nitrogens is 3. The third kappa shape index (κ3) is 7.13. The van der Waals surface area contributed by atoms with Crippen molar-refractivity contribution in [2.24, 2.45) is 0 Å². The average molecular weight is 639 g/mol. The number of aryl methyl sites for hydroxylation is 4. The molecular weight excluding hydrogens is 601 g/mol. The number of alkyl halides is 3. The molecule has 1 amide bonds. The highest BCUT2D eigenvalue weighted by Crippen LogP contribution is 2.36. The van der Waals surface area contributed by atoms with Crippen molar-refractivity contribution in [1.82, 2.24) is 19.7 Å². The first-order chi connectivity index (χ1) is 21.5. The number of piperidine rings is 1. The number of hydrogen-bond donors (Lipinski definition) is 0. The summed E-state index contributed by atoms with van der Waals surface area (Å²) in [6, 6.07) is 13.7. The van der Waals surface area contributed by atoms with Gasteiger partial charge in [0.25, 0.3) is 0 Å². The van der Waals surface area contributed by atoms with E-state index in [1.807, 2.05) is 18.7 Å². The van der Waals surface area contributed by atoms with Crippen molar-refractivity contribution in [3.05, 3.63) is 87.0 Å². The number of hydrogen-bond acceptors (Lipinski definition) is 6. The molecule has 1 aliphatic heterocycles. The highest BCUT2D eigenvalue weighted by molar-refractivity contribution is 7.15. The number of amides is 1. The summed E-state index contributed by atoms with van der Waals surface area (Å²) in [5.74, 6) is -0.450. The van der Waals surface area contributed by atoms with Crippen LogP contribution in [0.3, 0.4) is 0 Å². The van der Waals surface area contributed by atoms with E-state index in [1.165, 1.54) is 29.7 Å². The van der Waals surface area contributed by atoms with Gasteiger partial charge in [0.05, 0.1) is 23.4 Å². The maximum absolute atomic E-state index is 14.1. The first-order valence-corrected chi connectivity index (χ1v) is 16.1. The Morgan fingerprint density at radius 3 is 2.42 bits per heavy atom. The molecule has 1 aromatic carbocycles. The topological polar surface area (TPSA) is 77.3 Å². The average Bonchev–Trinajstić information content (AvgIpc) is 3.65. The molecule has 0 aliphatic carbocycles. The largest absolute Gasteiger partial charge is 0.462 e. The summed E-state index contributed by atoms with van der Waals surface area (Å²) < 4.78 is 47.8. The van der Waals surface area contributed by atoms with Gasteiger partial charge in [0.15, 0.2) is 11.5 Å². The number of carbonyl (C=O) groups is 2. The minimum atomic E-state index is -4.85. The molecule has 45 heavy (non-hydrogen) atoms. The second-order valence-corrected chi connectivity index (χ2v) is 12.6. The Morgan fingerprint density at radius 2 is 1.76 bits per heavy atom. The fourth-order valence-electron chi connectivity index (χ4n) is 6.00. The zero-order chi connectivity index (χ0) is 32.3. The molecule has 1 aliphatic rings. The highest BCUT2D eigenvalue weighted by atomic mass is 32.1. The van der Waals surface area contributed by atoms with Crippen molar-refractivity contribution in [3.63, 3.8) is 0 Å². The Balaban J connectivity index is 1.35. The van der Waals surface area contributed by atoms with Crippen LogP contribution in [0.5, 0.6) is 0 Å². The van der Waals surface area contributed by atoms with Crippen LogP contribution in [0.25, 0.3) is 16.4 Å². The van der Waals surface area contributed by atoms with Crippen LogP contribution in [0.15, 0.2) is 48.7 Å². The second kappa shape index (κ2) is 13.6. The number of likely N-dealkylation sites (tertiary alicyclic amines) is 1. The standard InChI is InChI=1S/C34H37F3N4O3S/c1-5-30(42)40-16-14-24(15-17-40)25-12-10-23(21(3)18-25)11-13-26-19-22(4)45-31(26)28-8-7-9-29(39-28)41-32(34(35,36)37)27(20-38-41)33(43)44-6-2/h7-10,12,18-20,24H,5-6,11,13-17H2,1-4H3. The van der Waals surface area contributed by atoms with Gasteiger partial charge >= 0.3 is 12.1 Å². The van der Waals surface area contributed by atoms with E-state index in [0.717, 1.165) is 60.3 Å². The Labute approximate surface area is 265 Å². The van der Waals surface area contributed by atoms with Crippen molar-refractivity contribution in [1.29, 1.82) is 0 Å². The minimum absolute atomic E-state index is 0.0382. The van der Waals surface area contributed by atoms with Crippen LogP contribution < -0.4 is 0 Å². The monoisotopic (exact) mass is 638 g/mol. The van der Waals surface area contributed by atoms with Crippen molar-refractivity contribution in [2.45, 2.75) is 71.9 Å². The predicted octanol–water partition coefficient (Wildman–Crippen LogP) is 7.71. The van der Waals surface area contributed by atoms with Gasteiger partial charge in [-0.3, -0.25) is 4.79 Å². The lowest BCUT2D eigenvalue weighted by Gasteiger charge is -2.32. The molecule has 0 atom stereocenters. The van der Waals surface area contributed by atoms with Crippen LogP contribution in [-0.2, 0) is 28.5 Å². The summed E-state index contributed by atoms with van der Waals surface area (Å²) in [5, 5.41) is 3.88. The van der Waals surface area contributed by atoms with E-state index in [2.05, 4.69) is 41.3 Å². The van der Waals surface area contributed by atoms with Crippen LogP contribution in [-0.4, -0.2) is 51.2 Å². The highest BCUT2D eigenvalue weighted by Gasteiger charge is 2.41. The molecule has 0 spiro atoms. The first-order valence-electron chi connectivity index (χ1n) is 15.3. The van der Waals surface area contributed by atoms with Crippen LogP contribution in [0.1, 0.15) is 82.2 Å². The van der Waals surface area contributed by atoms with Crippen LogP contribution >= 0.6 is 11.3 Å². The quantitative estimate of drug-likeness (QED) is 0.176. The van der Waals surface area contributed by atoms with E-state index in [4.69, 9.17) is 4.74 Å². The smallest absolute Gasteiger partial charge is 0.434 e. The van der Waals surface area contributed by atoms with Gasteiger partial charge in [0.2, 0.25) is 5.91 Å². The molecule has 1 saturated heterocycles.